The molecule has 0 bridgehead atoms. The van der Waals surface area contributed by atoms with E-state index in [0.717, 1.165) is 4.31 Å². The van der Waals surface area contributed by atoms with Crippen LogP contribution >= 0.6 is 0 Å². The Kier molecular flexibility index (Phi) is 6.81. The van der Waals surface area contributed by atoms with Gasteiger partial charge in [-0.1, -0.05) is 12.1 Å². The second-order valence-electron chi connectivity index (χ2n) is 6.38. The molecule has 0 aliphatic carbocycles. The lowest BCUT2D eigenvalue weighted by molar-refractivity contribution is 0.0442. The molecule has 0 atom stereocenters. The van der Waals surface area contributed by atoms with Gasteiger partial charge < -0.3 is 19.8 Å². The fourth-order valence-corrected chi connectivity index (χ4v) is 2.97. The number of furan rings is 1. The second kappa shape index (κ2) is 8.89. The van der Waals surface area contributed by atoms with Crippen molar-refractivity contribution in [3.63, 3.8) is 0 Å². The van der Waals surface area contributed by atoms with Gasteiger partial charge in [-0.15, -0.1) is 0 Å². The van der Waals surface area contributed by atoms with Gasteiger partial charge in [-0.25, -0.2) is 22.3 Å². The fraction of sp³-hybridized carbons (Fsp3) is 0.333. The Morgan fingerprint density at radius 1 is 1.14 bits per heavy atom. The molecule has 0 saturated carbocycles. The molecule has 2 amide bonds. The first-order valence-electron chi connectivity index (χ1n) is 8.46. The number of ether oxygens (including phenoxy) is 1. The van der Waals surface area contributed by atoms with Crippen molar-refractivity contribution in [2.45, 2.75) is 31.6 Å². The summed E-state index contributed by atoms with van der Waals surface area (Å²) in [7, 11) is -0.934. The average Bonchev–Trinajstić information content (AvgIpc) is 3.09. The number of nitrogens with zero attached hydrogens (tertiary/aromatic N) is 1. The minimum absolute atomic E-state index is 0.0642. The van der Waals surface area contributed by atoms with Gasteiger partial charge >= 0.3 is 12.0 Å². The first-order valence-corrected chi connectivity index (χ1v) is 9.90. The van der Waals surface area contributed by atoms with E-state index in [-0.39, 0.29) is 29.1 Å². The number of amides is 2. The molecular weight excluding hydrogens is 386 g/mol. The number of carbonyl (C=O) groups excluding carboxylic acids is 2. The molecule has 0 aliphatic rings. The highest BCUT2D eigenvalue weighted by atomic mass is 32.2. The van der Waals surface area contributed by atoms with Gasteiger partial charge in [0, 0.05) is 20.1 Å². The van der Waals surface area contributed by atoms with Crippen LogP contribution in [0.15, 0.2) is 45.9 Å². The third kappa shape index (κ3) is 5.33. The third-order valence-corrected chi connectivity index (χ3v) is 5.22. The van der Waals surface area contributed by atoms with Crippen molar-refractivity contribution in [2.75, 3.05) is 19.4 Å². The topological polar surface area (TPSA) is 118 Å². The molecule has 28 heavy (non-hydrogen) atoms. The predicted octanol–water partition coefficient (Wildman–Crippen LogP) is 2.42. The second-order valence-corrected chi connectivity index (χ2v) is 8.47. The van der Waals surface area contributed by atoms with Crippen LogP contribution in [-0.2, 0) is 21.4 Å². The van der Waals surface area contributed by atoms with Crippen LogP contribution < -0.4 is 10.6 Å². The van der Waals surface area contributed by atoms with Gasteiger partial charge in [0.15, 0.2) is 0 Å². The van der Waals surface area contributed by atoms with E-state index in [0.29, 0.717) is 5.69 Å². The molecular formula is C18H23N3O6S. The van der Waals surface area contributed by atoms with Crippen LogP contribution in [0.3, 0.4) is 0 Å². The van der Waals surface area contributed by atoms with E-state index in [4.69, 9.17) is 9.15 Å². The van der Waals surface area contributed by atoms with Crippen molar-refractivity contribution < 1.29 is 27.2 Å². The van der Waals surface area contributed by atoms with E-state index in [1.54, 1.807) is 18.2 Å². The van der Waals surface area contributed by atoms with E-state index in [1.807, 2.05) is 13.8 Å². The molecule has 0 aliphatic heterocycles. The molecule has 0 saturated heterocycles. The molecule has 2 aromatic rings. The zero-order valence-corrected chi connectivity index (χ0v) is 16.9. The smallest absolute Gasteiger partial charge is 0.340 e. The molecule has 1 aromatic heterocycles. The maximum absolute atomic E-state index is 12.4. The lowest BCUT2D eigenvalue weighted by Gasteiger charge is -2.13. The molecule has 10 heteroatoms. The summed E-state index contributed by atoms with van der Waals surface area (Å²) in [5, 5.41) is 5.02. The monoisotopic (exact) mass is 409 g/mol. The van der Waals surface area contributed by atoms with Gasteiger partial charge in [-0.05, 0) is 38.1 Å². The summed E-state index contributed by atoms with van der Waals surface area (Å²) in [5.74, 6) is -0.509. The third-order valence-electron chi connectivity index (χ3n) is 3.53. The number of esters is 1. The van der Waals surface area contributed by atoms with Crippen molar-refractivity contribution in [2.24, 2.45) is 0 Å². The Morgan fingerprint density at radius 2 is 1.82 bits per heavy atom. The highest BCUT2D eigenvalue weighted by molar-refractivity contribution is 7.88. The molecule has 9 nitrogen and oxygen atoms in total. The summed E-state index contributed by atoms with van der Waals surface area (Å²) in [6.45, 7) is 3.37. The van der Waals surface area contributed by atoms with Crippen molar-refractivity contribution >= 4 is 27.7 Å². The fourth-order valence-electron chi connectivity index (χ4n) is 2.16. The van der Waals surface area contributed by atoms with Gasteiger partial charge in [0.05, 0.1) is 11.3 Å². The van der Waals surface area contributed by atoms with E-state index in [2.05, 4.69) is 10.6 Å². The first-order chi connectivity index (χ1) is 13.1. The standard InChI is InChI=1S/C18H23N3O6S/c1-12(2)19-18(23)20-15-8-6-5-7-14(15)17(22)26-11-13-9-10-16(27-13)28(24,25)21(3)4/h5-10,12H,11H2,1-4H3,(H2,19,20,23). The van der Waals surface area contributed by atoms with E-state index >= 15 is 0 Å². The van der Waals surface area contributed by atoms with Gasteiger partial charge in [-0.2, -0.15) is 0 Å². The SMILES string of the molecule is CC(C)NC(=O)Nc1ccccc1C(=O)OCc1ccc(S(=O)(=O)N(C)C)o1. The zero-order valence-electron chi connectivity index (χ0n) is 16.1. The number of urea groups is 1. The van der Waals surface area contributed by atoms with Crippen LogP contribution in [0.2, 0.25) is 0 Å². The summed E-state index contributed by atoms with van der Waals surface area (Å²) in [6, 6.07) is 8.60. The molecule has 0 radical (unpaired) electrons. The summed E-state index contributed by atoms with van der Waals surface area (Å²) in [6.07, 6.45) is 0. The van der Waals surface area contributed by atoms with Crippen LogP contribution in [0.1, 0.15) is 30.0 Å². The van der Waals surface area contributed by atoms with Crippen LogP contribution in [0, 0.1) is 0 Å². The minimum atomic E-state index is -3.71. The van der Waals surface area contributed by atoms with Crippen LogP contribution in [0.25, 0.3) is 0 Å². The number of rotatable bonds is 7. The van der Waals surface area contributed by atoms with Crippen LogP contribution in [0.5, 0.6) is 0 Å². The Labute approximate surface area is 163 Å². The molecule has 1 aromatic carbocycles. The largest absolute Gasteiger partial charge is 0.454 e. The molecule has 2 N–H and O–H groups in total. The van der Waals surface area contributed by atoms with E-state index in [9.17, 15) is 18.0 Å². The highest BCUT2D eigenvalue weighted by Gasteiger charge is 2.22. The number of nitrogens with one attached hydrogen (secondary N) is 2. The van der Waals surface area contributed by atoms with Gasteiger partial charge in [0.2, 0.25) is 5.09 Å². The van der Waals surface area contributed by atoms with E-state index < -0.39 is 22.0 Å². The molecule has 0 spiro atoms. The number of anilines is 1. The number of para-hydroxylation sites is 1. The van der Waals surface area contributed by atoms with Crippen molar-refractivity contribution in [1.29, 1.82) is 0 Å². The lowest BCUT2D eigenvalue weighted by atomic mass is 10.2. The normalized spacial score (nSPS) is 11.5. The Bertz CT molecular complexity index is 950. The number of hydrogen-bond donors (Lipinski definition) is 2. The Balaban J connectivity index is 2.06. The quantitative estimate of drug-likeness (QED) is 0.678. The maximum atomic E-state index is 12.4. The summed E-state index contributed by atoms with van der Waals surface area (Å²) in [4.78, 5) is 24.3. The molecule has 0 fully saturated rings. The van der Waals surface area contributed by atoms with Crippen molar-refractivity contribution in [3.05, 3.63) is 47.7 Å². The Morgan fingerprint density at radius 3 is 2.46 bits per heavy atom. The number of sulfonamides is 1. The van der Waals surface area contributed by atoms with Crippen molar-refractivity contribution in [1.82, 2.24) is 9.62 Å². The molecule has 152 valence electrons. The van der Waals surface area contributed by atoms with Crippen molar-refractivity contribution in [3.8, 4) is 0 Å². The van der Waals surface area contributed by atoms with Gasteiger partial charge in [0.1, 0.15) is 12.4 Å². The first kappa shape index (κ1) is 21.5. The zero-order chi connectivity index (χ0) is 20.9. The van der Waals surface area contributed by atoms with Gasteiger partial charge in [-0.3, -0.25) is 0 Å². The number of hydrogen-bond acceptors (Lipinski definition) is 6. The number of benzene rings is 1. The van der Waals surface area contributed by atoms with E-state index in [1.165, 1.54) is 32.3 Å². The average molecular weight is 409 g/mol. The Hall–Kier alpha value is -2.85. The molecule has 2 rings (SSSR count). The molecule has 1 heterocycles. The number of carbonyl (C=O) groups is 2. The van der Waals surface area contributed by atoms with Crippen LogP contribution in [-0.4, -0.2) is 44.9 Å². The molecule has 0 unspecified atom stereocenters. The van der Waals surface area contributed by atoms with Crippen LogP contribution in [0.4, 0.5) is 10.5 Å². The summed E-state index contributed by atoms with van der Waals surface area (Å²) in [5.41, 5.74) is 0.454. The lowest BCUT2D eigenvalue weighted by Crippen LogP contribution is -2.34. The highest BCUT2D eigenvalue weighted by Crippen LogP contribution is 2.20. The predicted molar refractivity (Wildman–Crippen MR) is 102 cm³/mol. The minimum Gasteiger partial charge on any atom is -0.454 e. The van der Waals surface area contributed by atoms with Gasteiger partial charge in [0.25, 0.3) is 10.0 Å². The summed E-state index contributed by atoms with van der Waals surface area (Å²) >= 11 is 0. The summed E-state index contributed by atoms with van der Waals surface area (Å²) < 4.78 is 35.5. The maximum Gasteiger partial charge on any atom is 0.340 e.